The van der Waals surface area contributed by atoms with Gasteiger partial charge in [-0.1, -0.05) is 103 Å². The number of allylic oxidation sites excluding steroid dienone is 2. The van der Waals surface area contributed by atoms with E-state index in [0.717, 1.165) is 16.7 Å². The molecular formula is C37H44N2O5. The first-order valence-corrected chi connectivity index (χ1v) is 15.2. The molecule has 0 fully saturated rings. The van der Waals surface area contributed by atoms with E-state index in [4.69, 9.17) is 4.74 Å². The van der Waals surface area contributed by atoms with Gasteiger partial charge in [-0.15, -0.1) is 13.2 Å². The van der Waals surface area contributed by atoms with E-state index < -0.39 is 12.0 Å². The number of hydrogen-bond donors (Lipinski definition) is 2. The number of benzene rings is 3. The van der Waals surface area contributed by atoms with Crippen LogP contribution in [0.25, 0.3) is 0 Å². The minimum atomic E-state index is -0.710. The third-order valence-electron chi connectivity index (χ3n) is 7.45. The Balaban J connectivity index is 1.70. The van der Waals surface area contributed by atoms with E-state index in [9.17, 15) is 19.5 Å². The Morgan fingerprint density at radius 1 is 0.841 bits per heavy atom. The van der Waals surface area contributed by atoms with Crippen molar-refractivity contribution in [3.8, 4) is 0 Å². The van der Waals surface area contributed by atoms with Crippen LogP contribution in [-0.2, 0) is 32.1 Å². The second kappa shape index (κ2) is 18.9. The van der Waals surface area contributed by atoms with Crippen LogP contribution in [0.4, 0.5) is 0 Å². The molecule has 0 aliphatic heterocycles. The summed E-state index contributed by atoms with van der Waals surface area (Å²) in [6.45, 7) is 7.96. The molecule has 0 heterocycles. The van der Waals surface area contributed by atoms with Crippen LogP contribution < -0.4 is 5.32 Å². The van der Waals surface area contributed by atoms with Gasteiger partial charge in [0.25, 0.3) is 0 Å². The lowest BCUT2D eigenvalue weighted by Gasteiger charge is -2.25. The number of aliphatic hydroxyl groups is 1. The predicted molar refractivity (Wildman–Crippen MR) is 173 cm³/mol. The van der Waals surface area contributed by atoms with Crippen LogP contribution in [0.15, 0.2) is 116 Å². The van der Waals surface area contributed by atoms with Crippen LogP contribution in [0.2, 0.25) is 0 Å². The monoisotopic (exact) mass is 596 g/mol. The molecule has 7 nitrogen and oxygen atoms in total. The molecule has 0 aliphatic carbocycles. The van der Waals surface area contributed by atoms with E-state index in [1.54, 1.807) is 17.1 Å². The second-order valence-electron chi connectivity index (χ2n) is 10.8. The van der Waals surface area contributed by atoms with Crippen LogP contribution in [0, 0.1) is 11.8 Å². The fourth-order valence-corrected chi connectivity index (χ4v) is 5.03. The third-order valence-corrected chi connectivity index (χ3v) is 7.45. The molecule has 0 saturated heterocycles. The van der Waals surface area contributed by atoms with E-state index in [-0.39, 0.29) is 49.8 Å². The zero-order valence-electron chi connectivity index (χ0n) is 25.4. The summed E-state index contributed by atoms with van der Waals surface area (Å²) < 4.78 is 6.06. The maximum absolute atomic E-state index is 13.5. The zero-order valence-corrected chi connectivity index (χ0v) is 25.4. The smallest absolute Gasteiger partial charge is 0.309 e. The number of carbonyl (C=O) groups excluding carboxylic acids is 3. The Morgan fingerprint density at radius 2 is 1.45 bits per heavy atom. The first kappa shape index (κ1) is 34.0. The highest BCUT2D eigenvalue weighted by atomic mass is 16.5. The van der Waals surface area contributed by atoms with Gasteiger partial charge >= 0.3 is 5.97 Å². The molecule has 3 aromatic rings. The molecule has 2 amide bonds. The average molecular weight is 597 g/mol. The van der Waals surface area contributed by atoms with E-state index in [1.807, 2.05) is 91.0 Å². The largest absolute Gasteiger partial charge is 0.455 e. The topological polar surface area (TPSA) is 95.9 Å². The zero-order chi connectivity index (χ0) is 31.6. The first-order chi connectivity index (χ1) is 21.4. The van der Waals surface area contributed by atoms with Crippen LogP contribution >= 0.6 is 0 Å². The summed E-state index contributed by atoms with van der Waals surface area (Å²) in [5.41, 5.74) is 2.74. The van der Waals surface area contributed by atoms with Gasteiger partial charge in [0.2, 0.25) is 11.8 Å². The molecule has 7 heteroatoms. The molecule has 3 rings (SSSR count). The third kappa shape index (κ3) is 11.3. The number of ether oxygens (including phenoxy) is 1. The second-order valence-corrected chi connectivity index (χ2v) is 10.8. The molecule has 0 saturated carbocycles. The maximum atomic E-state index is 13.5. The number of amides is 2. The van der Waals surface area contributed by atoms with E-state index in [0.29, 0.717) is 32.2 Å². The standard InChI is InChI=1S/C37H44N2O5/c1-3-5-20-33(25-29-16-9-6-10-17-29)37(43)44-34(31-21-13-8-14-22-31)27-38-36(42)32(15-4-2)26-35(41)39(23-24-40)28-30-18-11-7-12-19-30/h3-4,6-14,16-19,21-22,32-34,40H,1-2,5,15,20,23-28H2,(H,38,42). The predicted octanol–water partition coefficient (Wildman–Crippen LogP) is 5.82. The summed E-state index contributed by atoms with van der Waals surface area (Å²) >= 11 is 0. The van der Waals surface area contributed by atoms with Gasteiger partial charge in [-0.05, 0) is 42.4 Å². The van der Waals surface area contributed by atoms with Crippen molar-refractivity contribution in [3.05, 3.63) is 133 Å². The SMILES string of the molecule is C=CCCC(Cc1ccccc1)C(=O)OC(CNC(=O)C(CC=C)CC(=O)N(CCO)Cc1ccccc1)c1ccccc1. The van der Waals surface area contributed by atoms with Gasteiger partial charge in [-0.3, -0.25) is 14.4 Å². The number of esters is 1. The lowest BCUT2D eigenvalue weighted by Crippen LogP contribution is -2.39. The Bertz CT molecular complexity index is 1310. The molecule has 0 spiro atoms. The highest BCUT2D eigenvalue weighted by Gasteiger charge is 2.28. The molecule has 0 bridgehead atoms. The maximum Gasteiger partial charge on any atom is 0.309 e. The van der Waals surface area contributed by atoms with Crippen molar-refractivity contribution < 1.29 is 24.2 Å². The molecule has 44 heavy (non-hydrogen) atoms. The highest BCUT2D eigenvalue weighted by Crippen LogP contribution is 2.23. The van der Waals surface area contributed by atoms with Gasteiger partial charge in [-0.25, -0.2) is 0 Å². The summed E-state index contributed by atoms with van der Waals surface area (Å²) in [5, 5.41) is 12.5. The van der Waals surface area contributed by atoms with Gasteiger partial charge in [0.05, 0.1) is 25.0 Å². The van der Waals surface area contributed by atoms with E-state index >= 15 is 0 Å². The van der Waals surface area contributed by atoms with Gasteiger partial charge in [-0.2, -0.15) is 0 Å². The summed E-state index contributed by atoms with van der Waals surface area (Å²) in [6.07, 6.45) is 4.77. The molecular weight excluding hydrogens is 552 g/mol. The van der Waals surface area contributed by atoms with Gasteiger partial charge in [0, 0.05) is 19.5 Å². The van der Waals surface area contributed by atoms with Crippen LogP contribution in [0.3, 0.4) is 0 Å². The highest BCUT2D eigenvalue weighted by molar-refractivity contribution is 5.86. The summed E-state index contributed by atoms with van der Waals surface area (Å²) in [5.74, 6) is -1.93. The number of hydrogen-bond acceptors (Lipinski definition) is 5. The van der Waals surface area contributed by atoms with Crippen LogP contribution in [-0.4, -0.2) is 47.5 Å². The van der Waals surface area contributed by atoms with Crippen molar-refractivity contribution >= 4 is 17.8 Å². The minimum absolute atomic E-state index is 0.0405. The van der Waals surface area contributed by atoms with Crippen molar-refractivity contribution in [3.63, 3.8) is 0 Å². The average Bonchev–Trinajstić information content (AvgIpc) is 3.05. The lowest BCUT2D eigenvalue weighted by molar-refractivity contribution is -0.155. The van der Waals surface area contributed by atoms with E-state index in [2.05, 4.69) is 18.5 Å². The van der Waals surface area contributed by atoms with Crippen molar-refractivity contribution in [2.75, 3.05) is 19.7 Å². The molecule has 0 aromatic heterocycles. The molecule has 0 aliphatic rings. The molecule has 2 N–H and O–H groups in total. The summed E-state index contributed by atoms with van der Waals surface area (Å²) in [4.78, 5) is 41.7. The Kier molecular flexibility index (Phi) is 14.6. The van der Waals surface area contributed by atoms with Crippen molar-refractivity contribution in [1.82, 2.24) is 10.2 Å². The quantitative estimate of drug-likeness (QED) is 0.134. The molecule has 3 atom stereocenters. The Labute approximate surface area is 261 Å². The van der Waals surface area contributed by atoms with Crippen LogP contribution in [0.5, 0.6) is 0 Å². The van der Waals surface area contributed by atoms with Crippen molar-refractivity contribution in [2.24, 2.45) is 11.8 Å². The molecule has 3 aromatic carbocycles. The fourth-order valence-electron chi connectivity index (χ4n) is 5.03. The van der Waals surface area contributed by atoms with Crippen molar-refractivity contribution in [2.45, 2.75) is 44.8 Å². The Hall–Kier alpha value is -4.49. The summed E-state index contributed by atoms with van der Waals surface area (Å²) in [6, 6.07) is 28.7. The molecule has 3 unspecified atom stereocenters. The fraction of sp³-hybridized carbons (Fsp3) is 0.324. The Morgan fingerprint density at radius 3 is 2.05 bits per heavy atom. The van der Waals surface area contributed by atoms with Crippen LogP contribution in [0.1, 0.15) is 48.5 Å². The van der Waals surface area contributed by atoms with E-state index in [1.165, 1.54) is 0 Å². The number of rotatable bonds is 19. The first-order valence-electron chi connectivity index (χ1n) is 15.2. The van der Waals surface area contributed by atoms with Gasteiger partial charge in [0.1, 0.15) is 6.10 Å². The normalized spacial score (nSPS) is 12.8. The molecule has 232 valence electrons. The molecule has 0 radical (unpaired) electrons. The minimum Gasteiger partial charge on any atom is -0.455 e. The lowest BCUT2D eigenvalue weighted by atomic mass is 9.94. The number of aliphatic hydroxyl groups excluding tert-OH is 1. The number of nitrogens with zero attached hydrogens (tertiary/aromatic N) is 1. The number of nitrogens with one attached hydrogen (secondary N) is 1. The number of carbonyl (C=O) groups is 3. The summed E-state index contributed by atoms with van der Waals surface area (Å²) in [7, 11) is 0. The van der Waals surface area contributed by atoms with Gasteiger partial charge < -0.3 is 20.1 Å². The van der Waals surface area contributed by atoms with Gasteiger partial charge in [0.15, 0.2) is 0 Å². The van der Waals surface area contributed by atoms with Crippen molar-refractivity contribution in [1.29, 1.82) is 0 Å².